The van der Waals surface area contributed by atoms with Crippen molar-refractivity contribution in [3.63, 3.8) is 0 Å². The Morgan fingerprint density at radius 2 is 2.11 bits per heavy atom. The minimum Gasteiger partial charge on any atom is -0.494 e. The van der Waals surface area contributed by atoms with Crippen LogP contribution >= 0.6 is 0 Å². The van der Waals surface area contributed by atoms with Crippen LogP contribution in [-0.4, -0.2) is 18.6 Å². The number of nitrogens with two attached hydrogens (primary N) is 1. The summed E-state index contributed by atoms with van der Waals surface area (Å²) < 4.78 is 11.0. The minimum absolute atomic E-state index is 0.222. The molecule has 0 radical (unpaired) electrons. The Hall–Kier alpha value is -1.55. The highest BCUT2D eigenvalue weighted by atomic mass is 16.5. The largest absolute Gasteiger partial charge is 0.494 e. The Labute approximate surface area is 114 Å². The summed E-state index contributed by atoms with van der Waals surface area (Å²) in [6, 6.07) is 5.72. The summed E-state index contributed by atoms with van der Waals surface area (Å²) in [6.45, 7) is 5.17. The van der Waals surface area contributed by atoms with E-state index in [0.29, 0.717) is 6.54 Å². The molecule has 2 rings (SSSR count). The number of oxazole rings is 1. The predicted molar refractivity (Wildman–Crippen MR) is 76.3 cm³/mol. The Balaban J connectivity index is 2.14. The van der Waals surface area contributed by atoms with Gasteiger partial charge >= 0.3 is 0 Å². The number of aromatic nitrogens is 1. The molecule has 1 aromatic carbocycles. The number of nitrogens with zero attached hydrogens (tertiary/aromatic N) is 1. The molecule has 1 heterocycles. The van der Waals surface area contributed by atoms with E-state index in [9.17, 15) is 0 Å². The van der Waals surface area contributed by atoms with Gasteiger partial charge in [-0.05, 0) is 36.9 Å². The second kappa shape index (κ2) is 5.61. The second-order valence-corrected chi connectivity index (χ2v) is 5.62. The molecule has 0 saturated heterocycles. The molecule has 0 saturated carbocycles. The first-order valence-electron chi connectivity index (χ1n) is 6.68. The van der Waals surface area contributed by atoms with Crippen LogP contribution in [-0.2, 0) is 6.42 Å². The van der Waals surface area contributed by atoms with E-state index in [-0.39, 0.29) is 5.41 Å². The molecular formula is C15H22N2O2. The first-order valence-corrected chi connectivity index (χ1v) is 6.68. The van der Waals surface area contributed by atoms with Crippen molar-refractivity contribution in [2.75, 3.05) is 13.7 Å². The number of methoxy groups -OCH3 is 1. The maximum Gasteiger partial charge on any atom is 0.195 e. The van der Waals surface area contributed by atoms with Crippen molar-refractivity contribution in [1.82, 2.24) is 4.98 Å². The smallest absolute Gasteiger partial charge is 0.195 e. The number of hydrogen-bond acceptors (Lipinski definition) is 4. The lowest BCUT2D eigenvalue weighted by atomic mass is 9.84. The summed E-state index contributed by atoms with van der Waals surface area (Å²) in [5, 5.41) is 0. The lowest BCUT2D eigenvalue weighted by Crippen LogP contribution is -2.17. The van der Waals surface area contributed by atoms with Gasteiger partial charge in [0.1, 0.15) is 5.75 Å². The van der Waals surface area contributed by atoms with E-state index in [2.05, 4.69) is 18.8 Å². The Bertz CT molecular complexity index is 546. The second-order valence-electron chi connectivity index (χ2n) is 5.62. The predicted octanol–water partition coefficient (Wildman–Crippen LogP) is 3.14. The van der Waals surface area contributed by atoms with Gasteiger partial charge in [0, 0.05) is 6.42 Å². The quantitative estimate of drug-likeness (QED) is 0.868. The van der Waals surface area contributed by atoms with Crippen molar-refractivity contribution >= 4 is 11.1 Å². The molecule has 0 spiro atoms. The first-order chi connectivity index (χ1) is 9.05. The van der Waals surface area contributed by atoms with E-state index in [0.717, 1.165) is 42.0 Å². The molecule has 0 aliphatic carbocycles. The molecule has 0 atom stereocenters. The Morgan fingerprint density at radius 1 is 1.32 bits per heavy atom. The van der Waals surface area contributed by atoms with E-state index < -0.39 is 0 Å². The third-order valence-corrected chi connectivity index (χ3v) is 3.48. The topological polar surface area (TPSA) is 61.3 Å². The van der Waals surface area contributed by atoms with Crippen LogP contribution in [0.2, 0.25) is 0 Å². The fraction of sp³-hybridized carbons (Fsp3) is 0.533. The van der Waals surface area contributed by atoms with Crippen LogP contribution in [0, 0.1) is 5.41 Å². The zero-order valence-corrected chi connectivity index (χ0v) is 11.9. The van der Waals surface area contributed by atoms with Crippen LogP contribution in [0.5, 0.6) is 5.75 Å². The van der Waals surface area contributed by atoms with Gasteiger partial charge in [0.2, 0.25) is 0 Å². The molecule has 0 aliphatic heterocycles. The van der Waals surface area contributed by atoms with E-state index >= 15 is 0 Å². The van der Waals surface area contributed by atoms with Gasteiger partial charge in [-0.3, -0.25) is 0 Å². The van der Waals surface area contributed by atoms with E-state index in [1.807, 2.05) is 18.2 Å². The summed E-state index contributed by atoms with van der Waals surface area (Å²) >= 11 is 0. The third-order valence-electron chi connectivity index (χ3n) is 3.48. The number of fused-ring (bicyclic) bond motifs is 1. The monoisotopic (exact) mass is 262 g/mol. The molecule has 19 heavy (non-hydrogen) atoms. The number of ether oxygens (including phenoxy) is 1. The van der Waals surface area contributed by atoms with Crippen molar-refractivity contribution in [1.29, 1.82) is 0 Å². The van der Waals surface area contributed by atoms with Crippen LogP contribution < -0.4 is 10.5 Å². The van der Waals surface area contributed by atoms with Gasteiger partial charge in [0.05, 0.1) is 7.11 Å². The molecular weight excluding hydrogens is 240 g/mol. The highest BCUT2D eigenvalue weighted by Gasteiger charge is 2.18. The number of rotatable bonds is 6. The zero-order chi connectivity index (χ0) is 13.9. The average Bonchev–Trinajstić information content (AvgIpc) is 2.79. The summed E-state index contributed by atoms with van der Waals surface area (Å²) in [5.41, 5.74) is 7.43. The van der Waals surface area contributed by atoms with E-state index in [4.69, 9.17) is 14.9 Å². The molecule has 2 aromatic rings. The van der Waals surface area contributed by atoms with E-state index in [1.54, 1.807) is 7.11 Å². The minimum atomic E-state index is 0.222. The zero-order valence-electron chi connectivity index (χ0n) is 11.9. The molecule has 0 aliphatic rings. The van der Waals surface area contributed by atoms with Gasteiger partial charge in [-0.1, -0.05) is 19.9 Å². The molecule has 1 aromatic heterocycles. The van der Waals surface area contributed by atoms with Crippen LogP contribution in [0.25, 0.3) is 11.1 Å². The molecule has 2 N–H and O–H groups in total. The summed E-state index contributed by atoms with van der Waals surface area (Å²) in [4.78, 5) is 4.52. The lowest BCUT2D eigenvalue weighted by Gasteiger charge is -2.22. The number of benzene rings is 1. The fourth-order valence-electron chi connectivity index (χ4n) is 2.20. The van der Waals surface area contributed by atoms with Crippen molar-refractivity contribution in [3.8, 4) is 5.75 Å². The summed E-state index contributed by atoms with van der Waals surface area (Å²) in [6.07, 6.45) is 2.85. The molecule has 4 nitrogen and oxygen atoms in total. The molecule has 0 amide bonds. The van der Waals surface area contributed by atoms with Crippen molar-refractivity contribution in [2.45, 2.75) is 33.1 Å². The highest BCUT2D eigenvalue weighted by molar-refractivity contribution is 5.79. The number of hydrogen-bond donors (Lipinski definition) is 1. The van der Waals surface area contributed by atoms with Crippen LogP contribution in [0.4, 0.5) is 0 Å². The summed E-state index contributed by atoms with van der Waals surface area (Å²) in [5.74, 6) is 1.53. The SMILES string of the molecule is COc1cccc2oc(CCC(C)(C)CCN)nc12. The third kappa shape index (κ3) is 3.26. The first kappa shape index (κ1) is 13.9. The van der Waals surface area contributed by atoms with Crippen molar-refractivity contribution in [3.05, 3.63) is 24.1 Å². The van der Waals surface area contributed by atoms with Crippen LogP contribution in [0.15, 0.2) is 22.6 Å². The fourth-order valence-corrected chi connectivity index (χ4v) is 2.20. The lowest BCUT2D eigenvalue weighted by molar-refractivity contribution is 0.302. The van der Waals surface area contributed by atoms with Crippen LogP contribution in [0.3, 0.4) is 0 Å². The molecule has 0 fully saturated rings. The Morgan fingerprint density at radius 3 is 2.79 bits per heavy atom. The molecule has 4 heteroatoms. The average molecular weight is 262 g/mol. The maximum absolute atomic E-state index is 5.76. The van der Waals surface area contributed by atoms with Gasteiger partial charge in [-0.25, -0.2) is 4.98 Å². The van der Waals surface area contributed by atoms with Gasteiger partial charge in [-0.15, -0.1) is 0 Å². The standard InChI is InChI=1S/C15H22N2O2/c1-15(2,9-10-16)8-7-13-17-14-11(18-3)5-4-6-12(14)19-13/h4-6H,7-10,16H2,1-3H3. The van der Waals surface area contributed by atoms with Crippen molar-refractivity contribution < 1.29 is 9.15 Å². The van der Waals surface area contributed by atoms with Crippen molar-refractivity contribution in [2.24, 2.45) is 11.1 Å². The van der Waals surface area contributed by atoms with Gasteiger partial charge in [0.15, 0.2) is 17.0 Å². The van der Waals surface area contributed by atoms with Gasteiger partial charge < -0.3 is 14.9 Å². The molecule has 0 unspecified atom stereocenters. The summed E-state index contributed by atoms with van der Waals surface area (Å²) in [7, 11) is 1.65. The highest BCUT2D eigenvalue weighted by Crippen LogP contribution is 2.29. The molecule has 0 bridgehead atoms. The number of aryl methyl sites for hydroxylation is 1. The van der Waals surface area contributed by atoms with Crippen LogP contribution in [0.1, 0.15) is 32.6 Å². The van der Waals surface area contributed by atoms with Gasteiger partial charge in [0.25, 0.3) is 0 Å². The number of para-hydroxylation sites is 1. The maximum atomic E-state index is 5.76. The van der Waals surface area contributed by atoms with E-state index in [1.165, 1.54) is 0 Å². The Kier molecular flexibility index (Phi) is 4.10. The molecule has 104 valence electrons. The van der Waals surface area contributed by atoms with Gasteiger partial charge in [-0.2, -0.15) is 0 Å². The normalized spacial score (nSPS) is 12.0.